The van der Waals surface area contributed by atoms with Gasteiger partial charge in [-0.15, -0.1) is 0 Å². The first-order valence-electron chi connectivity index (χ1n) is 12.8. The standard InChI is InChI=1S/C28H46O2/c1-3-4-5-6-7-8-9-10-11-12-13-14-15-16-17-18-19-26-20-22-27(23-21-26)29-24-28(2)25-30-28/h18-23H,3-17,24-25H2,1-2H3/b19-18+. The molecule has 0 amide bonds. The van der Waals surface area contributed by atoms with Crippen LogP contribution in [0.5, 0.6) is 5.75 Å². The van der Waals surface area contributed by atoms with Gasteiger partial charge in [-0.1, -0.05) is 115 Å². The predicted molar refractivity (Wildman–Crippen MR) is 130 cm³/mol. The quantitative estimate of drug-likeness (QED) is 0.167. The molecule has 0 spiro atoms. The van der Waals surface area contributed by atoms with Crippen molar-refractivity contribution in [3.8, 4) is 5.75 Å². The van der Waals surface area contributed by atoms with Crippen molar-refractivity contribution >= 4 is 6.08 Å². The fraction of sp³-hybridized carbons (Fsp3) is 0.714. The Morgan fingerprint density at radius 3 is 1.80 bits per heavy atom. The van der Waals surface area contributed by atoms with Crippen LogP contribution in [0.2, 0.25) is 0 Å². The molecule has 0 saturated carbocycles. The molecule has 2 heteroatoms. The lowest BCUT2D eigenvalue weighted by atomic mass is 10.0. The van der Waals surface area contributed by atoms with Crippen molar-refractivity contribution in [2.75, 3.05) is 13.2 Å². The van der Waals surface area contributed by atoms with Gasteiger partial charge in [0.25, 0.3) is 0 Å². The minimum absolute atomic E-state index is 0.0495. The van der Waals surface area contributed by atoms with E-state index in [9.17, 15) is 0 Å². The molecule has 30 heavy (non-hydrogen) atoms. The van der Waals surface area contributed by atoms with E-state index in [1.54, 1.807) is 0 Å². The van der Waals surface area contributed by atoms with Crippen LogP contribution in [0.1, 0.15) is 116 Å². The Labute approximate surface area is 186 Å². The molecule has 1 aliphatic heterocycles. The normalized spacial score (nSPS) is 18.2. The summed E-state index contributed by atoms with van der Waals surface area (Å²) < 4.78 is 11.1. The van der Waals surface area contributed by atoms with E-state index in [4.69, 9.17) is 9.47 Å². The molecule has 0 bridgehead atoms. The van der Waals surface area contributed by atoms with Crippen molar-refractivity contribution in [3.05, 3.63) is 35.9 Å². The zero-order chi connectivity index (χ0) is 21.3. The van der Waals surface area contributed by atoms with E-state index in [0.717, 1.165) is 12.4 Å². The summed E-state index contributed by atoms with van der Waals surface area (Å²) in [6.45, 7) is 5.83. The summed E-state index contributed by atoms with van der Waals surface area (Å²) in [5.74, 6) is 0.927. The van der Waals surface area contributed by atoms with Crippen molar-refractivity contribution < 1.29 is 9.47 Å². The van der Waals surface area contributed by atoms with Gasteiger partial charge in [0.15, 0.2) is 0 Å². The molecule has 0 aromatic heterocycles. The SMILES string of the molecule is CCCCCCCCCCCCCCCC/C=C/c1ccc(OCC2(C)CO2)cc1. The third-order valence-corrected chi connectivity index (χ3v) is 6.10. The maximum absolute atomic E-state index is 5.77. The third kappa shape index (κ3) is 12.4. The molecule has 1 aromatic rings. The minimum atomic E-state index is -0.0495. The number of epoxide rings is 1. The molecule has 1 atom stereocenters. The number of allylic oxidation sites excluding steroid dienone is 1. The van der Waals surface area contributed by atoms with Gasteiger partial charge in [-0.2, -0.15) is 0 Å². The zero-order valence-corrected chi connectivity index (χ0v) is 19.8. The molecule has 0 N–H and O–H groups in total. The van der Waals surface area contributed by atoms with E-state index in [-0.39, 0.29) is 5.60 Å². The summed E-state index contributed by atoms with van der Waals surface area (Å²) >= 11 is 0. The fourth-order valence-corrected chi connectivity index (χ4v) is 3.79. The van der Waals surface area contributed by atoms with Gasteiger partial charge >= 0.3 is 0 Å². The Morgan fingerprint density at radius 2 is 1.30 bits per heavy atom. The van der Waals surface area contributed by atoms with Crippen LogP contribution < -0.4 is 4.74 Å². The Hall–Kier alpha value is -1.28. The monoisotopic (exact) mass is 414 g/mol. The average Bonchev–Trinajstić information content (AvgIpc) is 3.50. The van der Waals surface area contributed by atoms with Crippen LogP contribution in [0.15, 0.2) is 30.3 Å². The van der Waals surface area contributed by atoms with Crippen molar-refractivity contribution in [3.63, 3.8) is 0 Å². The first-order valence-corrected chi connectivity index (χ1v) is 12.8. The molecule has 1 aliphatic rings. The van der Waals surface area contributed by atoms with Crippen molar-refractivity contribution in [1.82, 2.24) is 0 Å². The summed E-state index contributed by atoms with van der Waals surface area (Å²) in [4.78, 5) is 0. The maximum atomic E-state index is 5.77. The van der Waals surface area contributed by atoms with Crippen LogP contribution in [0.3, 0.4) is 0 Å². The highest BCUT2D eigenvalue weighted by molar-refractivity contribution is 5.50. The minimum Gasteiger partial charge on any atom is -0.491 e. The van der Waals surface area contributed by atoms with Crippen LogP contribution in [0.25, 0.3) is 6.08 Å². The van der Waals surface area contributed by atoms with E-state index in [1.165, 1.54) is 102 Å². The smallest absolute Gasteiger partial charge is 0.123 e. The second-order valence-electron chi connectivity index (χ2n) is 9.38. The summed E-state index contributed by atoms with van der Waals surface area (Å²) in [6.07, 6.45) is 25.6. The van der Waals surface area contributed by atoms with E-state index in [2.05, 4.69) is 50.3 Å². The Morgan fingerprint density at radius 1 is 0.800 bits per heavy atom. The third-order valence-electron chi connectivity index (χ3n) is 6.10. The zero-order valence-electron chi connectivity index (χ0n) is 19.8. The number of hydrogen-bond acceptors (Lipinski definition) is 2. The number of rotatable bonds is 19. The number of hydrogen-bond donors (Lipinski definition) is 0. The molecule has 1 heterocycles. The lowest BCUT2D eigenvalue weighted by Gasteiger charge is -2.08. The van der Waals surface area contributed by atoms with Crippen LogP contribution in [0.4, 0.5) is 0 Å². The van der Waals surface area contributed by atoms with Gasteiger partial charge in [-0.05, 0) is 37.5 Å². The van der Waals surface area contributed by atoms with Crippen molar-refractivity contribution in [1.29, 1.82) is 0 Å². The number of benzene rings is 1. The molecular formula is C28H46O2. The van der Waals surface area contributed by atoms with Crippen LogP contribution in [-0.2, 0) is 4.74 Å². The molecule has 1 aromatic carbocycles. The highest BCUT2D eigenvalue weighted by atomic mass is 16.6. The molecule has 170 valence electrons. The van der Waals surface area contributed by atoms with E-state index >= 15 is 0 Å². The lowest BCUT2D eigenvalue weighted by Crippen LogP contribution is -2.16. The molecule has 1 fully saturated rings. The summed E-state index contributed by atoms with van der Waals surface area (Å²) in [7, 11) is 0. The highest BCUT2D eigenvalue weighted by Gasteiger charge is 2.40. The summed E-state index contributed by atoms with van der Waals surface area (Å²) in [6, 6.07) is 8.37. The van der Waals surface area contributed by atoms with Gasteiger partial charge in [-0.25, -0.2) is 0 Å². The van der Waals surface area contributed by atoms with E-state index in [0.29, 0.717) is 6.61 Å². The van der Waals surface area contributed by atoms with Gasteiger partial charge in [0.1, 0.15) is 18.0 Å². The second-order valence-corrected chi connectivity index (χ2v) is 9.38. The van der Waals surface area contributed by atoms with Gasteiger partial charge in [0.2, 0.25) is 0 Å². The van der Waals surface area contributed by atoms with Gasteiger partial charge in [0, 0.05) is 0 Å². The maximum Gasteiger partial charge on any atom is 0.123 e. The first-order chi connectivity index (χ1) is 14.7. The predicted octanol–water partition coefficient (Wildman–Crippen LogP) is 8.74. The molecule has 2 rings (SSSR count). The van der Waals surface area contributed by atoms with Crippen molar-refractivity contribution in [2.24, 2.45) is 0 Å². The van der Waals surface area contributed by atoms with Crippen LogP contribution >= 0.6 is 0 Å². The lowest BCUT2D eigenvalue weighted by molar-refractivity contribution is 0.202. The Balaban J connectivity index is 1.36. The first kappa shape index (κ1) is 25.0. The molecule has 0 radical (unpaired) electrons. The molecule has 2 nitrogen and oxygen atoms in total. The van der Waals surface area contributed by atoms with Crippen LogP contribution in [0, 0.1) is 0 Å². The molecule has 0 aliphatic carbocycles. The largest absolute Gasteiger partial charge is 0.491 e. The van der Waals surface area contributed by atoms with E-state index in [1.807, 2.05) is 0 Å². The topological polar surface area (TPSA) is 21.8 Å². The average molecular weight is 415 g/mol. The molecular weight excluding hydrogens is 368 g/mol. The molecule has 1 unspecified atom stereocenters. The van der Waals surface area contributed by atoms with Gasteiger partial charge in [-0.3, -0.25) is 0 Å². The fourth-order valence-electron chi connectivity index (χ4n) is 3.79. The Bertz CT molecular complexity index is 557. The van der Waals surface area contributed by atoms with E-state index < -0.39 is 0 Å². The summed E-state index contributed by atoms with van der Waals surface area (Å²) in [5.41, 5.74) is 1.20. The van der Waals surface area contributed by atoms with Crippen molar-refractivity contribution in [2.45, 2.75) is 116 Å². The van der Waals surface area contributed by atoms with Gasteiger partial charge in [0.05, 0.1) is 6.61 Å². The van der Waals surface area contributed by atoms with Crippen LogP contribution in [-0.4, -0.2) is 18.8 Å². The number of ether oxygens (including phenoxy) is 2. The molecule has 1 saturated heterocycles. The highest BCUT2D eigenvalue weighted by Crippen LogP contribution is 2.27. The Kier molecular flexibility index (Phi) is 12.9. The second kappa shape index (κ2) is 15.5. The number of unbranched alkanes of at least 4 members (excludes halogenated alkanes) is 14. The summed E-state index contributed by atoms with van der Waals surface area (Å²) in [5, 5.41) is 0. The van der Waals surface area contributed by atoms with Gasteiger partial charge < -0.3 is 9.47 Å².